The molecule has 3 aliphatic rings. The van der Waals surface area contributed by atoms with Crippen LogP contribution in [0.1, 0.15) is 58.0 Å². The average molecular weight is 1000 g/mol. The number of carbonyl (C=O) groups is 6. The van der Waals surface area contributed by atoms with Gasteiger partial charge in [0, 0.05) is 66.5 Å². The summed E-state index contributed by atoms with van der Waals surface area (Å²) in [5.74, 6) is -0.437. The molecule has 21 heteroatoms. The zero-order valence-electron chi connectivity index (χ0n) is 38.1. The fraction of sp³-hybridized carbons (Fsp3) is 0.404. The summed E-state index contributed by atoms with van der Waals surface area (Å²) in [6, 6.07) is 16.9. The Labute approximate surface area is 401 Å². The Morgan fingerprint density at radius 3 is 2.37 bits per heavy atom. The van der Waals surface area contributed by atoms with Gasteiger partial charge < -0.3 is 54.9 Å². The number of hydrogen-bond donors (Lipinski definition) is 5. The fourth-order valence-electron chi connectivity index (χ4n) is 8.04. The van der Waals surface area contributed by atoms with Gasteiger partial charge in [-0.05, 0) is 60.9 Å². The van der Waals surface area contributed by atoms with E-state index in [4.69, 9.17) is 23.9 Å². The van der Waals surface area contributed by atoms with Crippen LogP contribution < -0.4 is 41.1 Å². The lowest BCUT2D eigenvalue weighted by Gasteiger charge is -2.40. The first-order chi connectivity index (χ1) is 32.9. The lowest BCUT2D eigenvalue weighted by molar-refractivity contribution is -0.137. The van der Waals surface area contributed by atoms with E-state index >= 15 is 0 Å². The molecule has 68 heavy (non-hydrogen) atoms. The number of rotatable bonds is 23. The monoisotopic (exact) mass is 998 g/mol. The van der Waals surface area contributed by atoms with Crippen molar-refractivity contribution in [1.82, 2.24) is 30.8 Å². The van der Waals surface area contributed by atoms with Gasteiger partial charge in [0.05, 0.1) is 65.2 Å². The first-order valence-electron chi connectivity index (χ1n) is 22.3. The molecule has 1 saturated heterocycles. The van der Waals surface area contributed by atoms with Crippen LogP contribution in [0.4, 0.5) is 28.8 Å². The Balaban J connectivity index is 0.752. The number of ether oxygens (including phenoxy) is 4. The number of aromatic nitrogens is 2. The molecule has 6 amide bonds. The molecule has 20 nitrogen and oxygen atoms in total. The number of imide groups is 1. The third-order valence-corrected chi connectivity index (χ3v) is 12.1. The molecule has 3 aliphatic heterocycles. The molecule has 0 bridgehead atoms. The third-order valence-electron chi connectivity index (χ3n) is 11.6. The molecule has 7 rings (SSSR count). The molecule has 0 spiro atoms. The minimum absolute atomic E-state index is 0.0225. The van der Waals surface area contributed by atoms with Gasteiger partial charge in [0.1, 0.15) is 23.5 Å². The van der Waals surface area contributed by atoms with E-state index in [-0.39, 0.29) is 68.6 Å². The highest BCUT2D eigenvalue weighted by Gasteiger charge is 2.40. The number of methoxy groups -OCH3 is 1. The molecule has 1 unspecified atom stereocenters. The predicted octanol–water partition coefficient (Wildman–Crippen LogP) is 3.52. The van der Waals surface area contributed by atoms with Crippen molar-refractivity contribution < 1.29 is 47.7 Å². The van der Waals surface area contributed by atoms with E-state index in [0.717, 1.165) is 10.0 Å². The lowest BCUT2D eigenvalue weighted by Crippen LogP contribution is -2.52. The van der Waals surface area contributed by atoms with Gasteiger partial charge in [0.15, 0.2) is 5.82 Å². The zero-order chi connectivity index (χ0) is 48.2. The van der Waals surface area contributed by atoms with E-state index in [1.54, 1.807) is 54.5 Å². The van der Waals surface area contributed by atoms with E-state index in [2.05, 4.69) is 47.5 Å². The van der Waals surface area contributed by atoms with Gasteiger partial charge in [0.25, 0.3) is 11.8 Å². The van der Waals surface area contributed by atoms with Gasteiger partial charge in [-0.1, -0.05) is 41.1 Å². The summed E-state index contributed by atoms with van der Waals surface area (Å²) in [5, 5.41) is 14.2. The van der Waals surface area contributed by atoms with Gasteiger partial charge >= 0.3 is 0 Å². The number of halogens is 1. The zero-order valence-corrected chi connectivity index (χ0v) is 39.7. The molecule has 1 aromatic heterocycles. The Hall–Kier alpha value is -6.52. The Morgan fingerprint density at radius 1 is 0.912 bits per heavy atom. The summed E-state index contributed by atoms with van der Waals surface area (Å²) in [6.45, 7) is 5.34. The number of hydrogen-bond acceptors (Lipinski definition) is 15. The van der Waals surface area contributed by atoms with Crippen LogP contribution in [-0.4, -0.2) is 136 Å². The van der Waals surface area contributed by atoms with E-state index in [0.29, 0.717) is 104 Å². The molecule has 0 radical (unpaired) electrons. The van der Waals surface area contributed by atoms with Crippen molar-refractivity contribution in [3.05, 3.63) is 93.6 Å². The highest BCUT2D eigenvalue weighted by molar-refractivity contribution is 9.10. The number of nitrogens with one attached hydrogen (secondary N) is 5. The second-order valence-electron chi connectivity index (χ2n) is 16.1. The molecule has 0 aliphatic carbocycles. The lowest BCUT2D eigenvalue weighted by atomic mass is 10.0. The van der Waals surface area contributed by atoms with Gasteiger partial charge in [-0.2, -0.15) is 4.98 Å². The number of amides is 6. The van der Waals surface area contributed by atoms with Gasteiger partial charge in [-0.25, -0.2) is 4.98 Å². The molecule has 4 heterocycles. The van der Waals surface area contributed by atoms with Crippen LogP contribution in [0.3, 0.4) is 0 Å². The maximum atomic E-state index is 13.3. The topological polar surface area (TPSA) is 235 Å². The molecule has 1 fully saturated rings. The molecule has 3 aromatic carbocycles. The van der Waals surface area contributed by atoms with Crippen molar-refractivity contribution in [1.29, 1.82) is 0 Å². The van der Waals surface area contributed by atoms with Crippen LogP contribution in [0.2, 0.25) is 0 Å². The summed E-state index contributed by atoms with van der Waals surface area (Å²) in [5.41, 5.74) is 4.13. The number of fused-ring (bicyclic) bond motifs is 2. The third kappa shape index (κ3) is 12.1. The van der Waals surface area contributed by atoms with Gasteiger partial charge in [-0.3, -0.25) is 34.1 Å². The highest BCUT2D eigenvalue weighted by Crippen LogP contribution is 2.37. The number of benzene rings is 3. The van der Waals surface area contributed by atoms with Crippen LogP contribution >= 0.6 is 15.9 Å². The SMILES string of the molecule is CC[C@@H]1C(=O)N(C)c2cnc(Nc3ccc(C(=O)NCCOCCOCCOCCNCC(=O)Nc4cccc5c4CN(C4CCC(=O)NC4=O)C5=O)cc3OC)nc2N1Cc1ccc(Br)cc1. The number of likely N-dealkylation sites (N-methyl/N-ethyl adjacent to an activating group) is 1. The molecule has 5 N–H and O–H groups in total. The molecule has 0 saturated carbocycles. The molecule has 2 atom stereocenters. The summed E-state index contributed by atoms with van der Waals surface area (Å²) >= 11 is 3.49. The normalized spacial score (nSPS) is 16.6. The van der Waals surface area contributed by atoms with E-state index in [1.165, 1.54) is 12.0 Å². The van der Waals surface area contributed by atoms with Crippen LogP contribution in [0, 0.1) is 0 Å². The highest BCUT2D eigenvalue weighted by atomic mass is 79.9. The second kappa shape index (κ2) is 23.5. The number of anilines is 5. The predicted molar refractivity (Wildman–Crippen MR) is 255 cm³/mol. The van der Waals surface area contributed by atoms with Gasteiger partial charge in [-0.15, -0.1) is 0 Å². The number of nitrogens with zero attached hydrogens (tertiary/aromatic N) is 5. The summed E-state index contributed by atoms with van der Waals surface area (Å²) in [6.07, 6.45) is 2.64. The minimum atomic E-state index is -0.738. The van der Waals surface area contributed by atoms with E-state index in [1.807, 2.05) is 36.1 Å². The fourth-order valence-corrected chi connectivity index (χ4v) is 8.31. The summed E-state index contributed by atoms with van der Waals surface area (Å²) < 4.78 is 23.3. The summed E-state index contributed by atoms with van der Waals surface area (Å²) in [7, 11) is 3.24. The van der Waals surface area contributed by atoms with Crippen molar-refractivity contribution in [3.63, 3.8) is 0 Å². The van der Waals surface area contributed by atoms with Crippen LogP contribution in [-0.2, 0) is 46.5 Å². The Kier molecular flexibility index (Phi) is 17.0. The Bertz CT molecular complexity index is 2490. The molecule has 360 valence electrons. The van der Waals surface area contributed by atoms with Crippen molar-refractivity contribution in [2.45, 2.75) is 51.4 Å². The van der Waals surface area contributed by atoms with Crippen molar-refractivity contribution in [3.8, 4) is 5.75 Å². The van der Waals surface area contributed by atoms with E-state index < -0.39 is 18.0 Å². The molecule has 4 aromatic rings. The number of carbonyl (C=O) groups excluding carboxylic acids is 6. The minimum Gasteiger partial charge on any atom is -0.495 e. The summed E-state index contributed by atoms with van der Waals surface area (Å²) in [4.78, 5) is 90.4. The van der Waals surface area contributed by atoms with Gasteiger partial charge in [0.2, 0.25) is 29.6 Å². The van der Waals surface area contributed by atoms with Crippen LogP contribution in [0.5, 0.6) is 5.75 Å². The van der Waals surface area contributed by atoms with E-state index in [9.17, 15) is 28.8 Å². The van der Waals surface area contributed by atoms with Crippen LogP contribution in [0.15, 0.2) is 71.3 Å². The van der Waals surface area contributed by atoms with Crippen molar-refractivity contribution in [2.24, 2.45) is 0 Å². The molecular weight excluding hydrogens is 944 g/mol. The smallest absolute Gasteiger partial charge is 0.255 e. The maximum Gasteiger partial charge on any atom is 0.255 e. The van der Waals surface area contributed by atoms with Crippen molar-refractivity contribution >= 4 is 80.2 Å². The first kappa shape index (κ1) is 49.4. The molecular formula is C47H55BrN10O10. The number of piperidine rings is 1. The quantitative estimate of drug-likeness (QED) is 0.0529. The maximum absolute atomic E-state index is 13.3. The largest absolute Gasteiger partial charge is 0.495 e. The van der Waals surface area contributed by atoms with Crippen LogP contribution in [0.25, 0.3) is 0 Å². The standard InChI is InChI=1S/C47H55BrN10O10/c1-4-36-46(64)56(2)38-25-51-47(55-42(38)57(36)27-29-8-11-31(48)12-9-29)53-35-13-10-30(24-39(35)65-3)43(61)50-17-19-67-21-23-68-22-20-66-18-16-49-26-41(60)52-34-7-5-6-32-33(34)28-58(45(32)63)37-14-15-40(59)54-44(37)62/h5-13,24-25,36-37,49H,4,14-23,26-28H2,1-3H3,(H,50,61)(H,52,60)(H,51,53,55)(H,54,59,62)/t36-,37?/m1/s1. The average Bonchev–Trinajstić information content (AvgIpc) is 3.67. The first-order valence-corrected chi connectivity index (χ1v) is 23.1. The second-order valence-corrected chi connectivity index (χ2v) is 17.0. The Morgan fingerprint density at radius 2 is 1.65 bits per heavy atom. The van der Waals surface area contributed by atoms with Crippen molar-refractivity contribution in [2.75, 3.05) is 93.9 Å².